The molecule has 0 saturated carbocycles. The van der Waals surface area contributed by atoms with Crippen LogP contribution in [-0.2, 0) is 34.1 Å². The summed E-state index contributed by atoms with van der Waals surface area (Å²) >= 11 is 12.6. The molecule has 2 amide bonds. The van der Waals surface area contributed by atoms with Crippen LogP contribution in [0.2, 0.25) is 10.0 Å². The van der Waals surface area contributed by atoms with E-state index >= 15 is 0 Å². The number of hydrogen-bond acceptors (Lipinski definition) is 8. The van der Waals surface area contributed by atoms with Gasteiger partial charge < -0.3 is 14.4 Å². The van der Waals surface area contributed by atoms with Gasteiger partial charge in [0.2, 0.25) is 0 Å². The number of rotatable bonds is 13. The Morgan fingerprint density at radius 1 is 0.810 bits per heavy atom. The Morgan fingerprint density at radius 3 is 2.35 bits per heavy atom. The molecule has 0 unspecified atom stereocenters. The molecule has 1 aromatic heterocycles. The first-order chi connectivity index (χ1) is 30.4. The standard InChI is InChI=1S/C49H42Cl2N4O7S/c1-3-5-16-44-45(46(49(58)61-4-2)52-55(44)36-19-21-37(22-20-36)62-38-14-9-13-35(50)28-38)40-24-18-33(27-42(40)48(57)54-26-25-31-10-6-7-11-34(31)30-54)47(56)53-63(59,60)39-23-17-32-12-8-15-43(51)41(32)29-39/h6-15,17-24,27-29H,3-5,16,25-26,30H2,1-2H3,(H,53,56). The molecule has 0 saturated heterocycles. The predicted molar refractivity (Wildman–Crippen MR) is 244 cm³/mol. The maximum atomic E-state index is 15.0. The van der Waals surface area contributed by atoms with E-state index in [1.54, 1.807) is 83.2 Å². The van der Waals surface area contributed by atoms with Crippen LogP contribution in [-0.4, -0.2) is 54.0 Å². The molecule has 11 nitrogen and oxygen atoms in total. The lowest BCUT2D eigenvalue weighted by molar-refractivity contribution is 0.0519. The van der Waals surface area contributed by atoms with Crippen molar-refractivity contribution >= 4 is 61.8 Å². The van der Waals surface area contributed by atoms with Crippen molar-refractivity contribution in [3.05, 3.63) is 171 Å². The van der Waals surface area contributed by atoms with Crippen LogP contribution in [0.3, 0.4) is 0 Å². The number of sulfonamides is 1. The molecule has 2 heterocycles. The lowest BCUT2D eigenvalue weighted by atomic mass is 9.92. The number of benzene rings is 6. The normalized spacial score (nSPS) is 12.5. The van der Waals surface area contributed by atoms with E-state index in [4.69, 9.17) is 37.8 Å². The van der Waals surface area contributed by atoms with Gasteiger partial charge in [0.15, 0.2) is 5.69 Å². The van der Waals surface area contributed by atoms with Crippen LogP contribution in [0, 0.1) is 0 Å². The second-order valence-electron chi connectivity index (χ2n) is 15.0. The van der Waals surface area contributed by atoms with Gasteiger partial charge in [0.1, 0.15) is 11.5 Å². The summed E-state index contributed by atoms with van der Waals surface area (Å²) in [6.07, 6.45) is 2.58. The summed E-state index contributed by atoms with van der Waals surface area (Å²) in [7, 11) is -4.40. The highest BCUT2D eigenvalue weighted by molar-refractivity contribution is 7.90. The van der Waals surface area contributed by atoms with Crippen molar-refractivity contribution in [2.75, 3.05) is 13.2 Å². The van der Waals surface area contributed by atoms with Gasteiger partial charge in [-0.3, -0.25) is 9.59 Å². The molecule has 0 bridgehead atoms. The van der Waals surface area contributed by atoms with Gasteiger partial charge in [-0.05, 0) is 121 Å². The number of halogens is 2. The van der Waals surface area contributed by atoms with Crippen molar-refractivity contribution in [3.63, 3.8) is 0 Å². The third-order valence-corrected chi connectivity index (χ3v) is 12.8. The van der Waals surface area contributed by atoms with Gasteiger partial charge in [-0.1, -0.05) is 91.1 Å². The van der Waals surface area contributed by atoms with Gasteiger partial charge in [-0.15, -0.1) is 0 Å². The Labute approximate surface area is 375 Å². The van der Waals surface area contributed by atoms with Gasteiger partial charge in [0.05, 0.1) is 22.9 Å². The minimum absolute atomic E-state index is 0.0185. The number of aromatic nitrogens is 2. The Kier molecular flexibility index (Phi) is 12.7. The zero-order valence-electron chi connectivity index (χ0n) is 34.4. The summed E-state index contributed by atoms with van der Waals surface area (Å²) in [5.41, 5.74) is 4.06. The molecule has 14 heteroatoms. The molecular formula is C49H42Cl2N4O7S. The smallest absolute Gasteiger partial charge is 0.359 e. The van der Waals surface area contributed by atoms with Crippen LogP contribution in [0.5, 0.6) is 11.5 Å². The van der Waals surface area contributed by atoms with E-state index in [9.17, 15) is 22.8 Å². The summed E-state index contributed by atoms with van der Waals surface area (Å²) in [5, 5.41) is 6.99. The number of amides is 2. The molecule has 7 aromatic rings. The summed E-state index contributed by atoms with van der Waals surface area (Å²) < 4.78 is 42.9. The average molecular weight is 902 g/mol. The maximum Gasteiger partial charge on any atom is 0.359 e. The number of carbonyl (C=O) groups excluding carboxylic acids is 3. The highest BCUT2D eigenvalue weighted by atomic mass is 35.5. The van der Waals surface area contributed by atoms with Crippen molar-refractivity contribution in [1.82, 2.24) is 19.4 Å². The number of ether oxygens (including phenoxy) is 2. The molecule has 0 atom stereocenters. The molecule has 1 N–H and O–H groups in total. The number of nitrogens with zero attached hydrogens (tertiary/aromatic N) is 3. The molecule has 0 radical (unpaired) electrons. The van der Waals surface area contributed by atoms with Crippen LogP contribution >= 0.6 is 23.2 Å². The number of nitrogens with one attached hydrogen (secondary N) is 1. The minimum atomic E-state index is -4.40. The van der Waals surface area contributed by atoms with Crippen LogP contribution in [0.1, 0.15) is 74.7 Å². The molecule has 320 valence electrons. The largest absolute Gasteiger partial charge is 0.461 e. The van der Waals surface area contributed by atoms with Gasteiger partial charge in [-0.25, -0.2) is 22.6 Å². The number of hydrogen-bond donors (Lipinski definition) is 1. The van der Waals surface area contributed by atoms with Crippen LogP contribution in [0.15, 0.2) is 132 Å². The molecule has 8 rings (SSSR count). The topological polar surface area (TPSA) is 137 Å². The second-order valence-corrected chi connectivity index (χ2v) is 17.5. The molecule has 0 fully saturated rings. The maximum absolute atomic E-state index is 15.0. The highest BCUT2D eigenvalue weighted by Gasteiger charge is 2.32. The molecule has 0 aliphatic carbocycles. The Morgan fingerprint density at radius 2 is 1.59 bits per heavy atom. The zero-order chi connectivity index (χ0) is 44.3. The van der Waals surface area contributed by atoms with Gasteiger partial charge in [-0.2, -0.15) is 5.10 Å². The number of carbonyl (C=O) groups is 3. The first kappa shape index (κ1) is 43.2. The lowest BCUT2D eigenvalue weighted by Crippen LogP contribution is -2.36. The lowest BCUT2D eigenvalue weighted by Gasteiger charge is -2.29. The summed E-state index contributed by atoms with van der Waals surface area (Å²) in [4.78, 5) is 44.4. The SMILES string of the molecule is CCCCc1c(-c2ccc(C(=O)NS(=O)(=O)c3ccc4cccc(Cl)c4c3)cc2C(=O)N2CCc3ccccc3C2)c(C(=O)OCC)nn1-c1ccc(Oc2cccc(Cl)c2)cc1. The van der Waals surface area contributed by atoms with E-state index < -0.39 is 27.8 Å². The molecule has 1 aliphatic rings. The molecule has 0 spiro atoms. The van der Waals surface area contributed by atoms with E-state index in [1.165, 1.54) is 24.3 Å². The number of fused-ring (bicyclic) bond motifs is 2. The van der Waals surface area contributed by atoms with Crippen molar-refractivity contribution in [1.29, 1.82) is 0 Å². The van der Waals surface area contributed by atoms with Crippen molar-refractivity contribution in [2.45, 2.75) is 51.0 Å². The first-order valence-corrected chi connectivity index (χ1v) is 22.8. The van der Waals surface area contributed by atoms with E-state index in [0.717, 1.165) is 22.9 Å². The van der Waals surface area contributed by atoms with Crippen molar-refractivity contribution in [3.8, 4) is 28.3 Å². The molecule has 6 aromatic carbocycles. The number of unbranched alkanes of at least 4 members (excludes halogenated alkanes) is 1. The quantitative estimate of drug-likeness (QED) is 0.113. The highest BCUT2D eigenvalue weighted by Crippen LogP contribution is 2.37. The minimum Gasteiger partial charge on any atom is -0.461 e. The van der Waals surface area contributed by atoms with E-state index in [2.05, 4.69) is 4.72 Å². The van der Waals surface area contributed by atoms with E-state index in [0.29, 0.717) is 81.8 Å². The first-order valence-electron chi connectivity index (χ1n) is 20.5. The molecular weight excluding hydrogens is 860 g/mol. The van der Waals surface area contributed by atoms with Gasteiger partial charge in [0.25, 0.3) is 21.8 Å². The fourth-order valence-corrected chi connectivity index (χ4v) is 9.15. The summed E-state index contributed by atoms with van der Waals surface area (Å²) in [5.74, 6) is -0.948. The monoisotopic (exact) mass is 900 g/mol. The third kappa shape index (κ3) is 9.20. The Bertz CT molecular complexity index is 3010. The van der Waals surface area contributed by atoms with Gasteiger partial charge >= 0.3 is 5.97 Å². The third-order valence-electron chi connectivity index (χ3n) is 10.9. The Balaban J connectivity index is 1.24. The summed E-state index contributed by atoms with van der Waals surface area (Å²) in [6, 6.07) is 36.2. The van der Waals surface area contributed by atoms with Crippen LogP contribution in [0.4, 0.5) is 0 Å². The van der Waals surface area contributed by atoms with Crippen LogP contribution in [0.25, 0.3) is 27.6 Å². The predicted octanol–water partition coefficient (Wildman–Crippen LogP) is 10.6. The fraction of sp³-hybridized carbons (Fsp3) is 0.184. The van der Waals surface area contributed by atoms with Crippen molar-refractivity contribution in [2.24, 2.45) is 0 Å². The zero-order valence-corrected chi connectivity index (χ0v) is 36.8. The second kappa shape index (κ2) is 18.5. The van der Waals surface area contributed by atoms with E-state index in [-0.39, 0.29) is 28.3 Å². The molecule has 63 heavy (non-hydrogen) atoms. The average Bonchev–Trinajstić information content (AvgIpc) is 3.67. The number of esters is 1. The van der Waals surface area contributed by atoms with Crippen molar-refractivity contribution < 1.29 is 32.3 Å². The van der Waals surface area contributed by atoms with Crippen LogP contribution < -0.4 is 9.46 Å². The van der Waals surface area contributed by atoms with Gasteiger partial charge in [0, 0.05) is 45.2 Å². The molecule has 1 aliphatic heterocycles. The summed E-state index contributed by atoms with van der Waals surface area (Å²) in [6.45, 7) is 4.51. The fourth-order valence-electron chi connectivity index (χ4n) is 7.73. The van der Waals surface area contributed by atoms with E-state index in [1.807, 2.05) is 43.3 Å². The Hall–Kier alpha value is -6.47.